The first-order chi connectivity index (χ1) is 8.60. The zero-order valence-corrected chi connectivity index (χ0v) is 11.5. The number of rotatable bonds is 8. The Morgan fingerprint density at radius 1 is 1.22 bits per heavy atom. The molecule has 1 rings (SSSR count). The number of hydrogen-bond acceptors (Lipinski definition) is 3. The van der Waals surface area contributed by atoms with E-state index in [4.69, 9.17) is 0 Å². The monoisotopic (exact) mass is 268 g/mol. The molecule has 0 amide bonds. The van der Waals surface area contributed by atoms with Gasteiger partial charge in [0, 0.05) is 18.8 Å². The number of nitrogens with one attached hydrogen (secondary N) is 2. The molecule has 2 N–H and O–H groups in total. The number of anilines is 1. The van der Waals surface area contributed by atoms with Crippen molar-refractivity contribution >= 4 is 15.7 Å². The van der Waals surface area contributed by atoms with Crippen molar-refractivity contribution in [1.29, 1.82) is 0 Å². The molecule has 0 aromatic heterocycles. The fraction of sp³-hybridized carbons (Fsp3) is 0.385. The van der Waals surface area contributed by atoms with Crippen molar-refractivity contribution in [1.82, 2.24) is 4.72 Å². The number of benzene rings is 1. The van der Waals surface area contributed by atoms with E-state index >= 15 is 0 Å². The summed E-state index contributed by atoms with van der Waals surface area (Å²) in [6.45, 7) is 6.82. The molecule has 1 aromatic rings. The van der Waals surface area contributed by atoms with Gasteiger partial charge in [-0.1, -0.05) is 13.0 Å². The van der Waals surface area contributed by atoms with Crippen molar-refractivity contribution in [3.63, 3.8) is 0 Å². The molecule has 0 spiro atoms. The maximum absolute atomic E-state index is 11.8. The Kier molecular flexibility index (Phi) is 5.88. The van der Waals surface area contributed by atoms with Crippen LogP contribution in [0.3, 0.4) is 0 Å². The van der Waals surface area contributed by atoms with Crippen molar-refractivity contribution in [2.45, 2.75) is 24.7 Å². The standard InChI is InChI=1S/C13H20N2O2S/c1-3-5-11-14-12-6-8-13(9-7-12)18(16,17)15-10-4-2/h3,6-9,14-15H,1,4-5,10-11H2,2H3. The van der Waals surface area contributed by atoms with E-state index in [1.165, 1.54) is 0 Å². The number of sulfonamides is 1. The van der Waals surface area contributed by atoms with Crippen LogP contribution in [0.25, 0.3) is 0 Å². The van der Waals surface area contributed by atoms with E-state index in [1.54, 1.807) is 24.3 Å². The average molecular weight is 268 g/mol. The van der Waals surface area contributed by atoms with Crippen LogP contribution < -0.4 is 10.0 Å². The Hall–Kier alpha value is -1.33. The minimum Gasteiger partial charge on any atom is -0.385 e. The van der Waals surface area contributed by atoms with Gasteiger partial charge in [0.1, 0.15) is 0 Å². The SMILES string of the molecule is C=CCCNc1ccc(S(=O)(=O)NCCC)cc1. The second-order valence-electron chi connectivity index (χ2n) is 3.93. The summed E-state index contributed by atoms with van der Waals surface area (Å²) in [5.41, 5.74) is 0.909. The van der Waals surface area contributed by atoms with E-state index in [0.29, 0.717) is 11.4 Å². The van der Waals surface area contributed by atoms with Crippen LogP contribution in [0.15, 0.2) is 41.8 Å². The molecule has 0 fully saturated rings. The lowest BCUT2D eigenvalue weighted by atomic mass is 10.3. The van der Waals surface area contributed by atoms with Gasteiger partial charge in [-0.15, -0.1) is 6.58 Å². The zero-order chi connectivity index (χ0) is 13.4. The molecule has 0 radical (unpaired) electrons. The van der Waals surface area contributed by atoms with Crippen molar-refractivity contribution in [2.24, 2.45) is 0 Å². The van der Waals surface area contributed by atoms with Crippen LogP contribution in [0.5, 0.6) is 0 Å². The van der Waals surface area contributed by atoms with Gasteiger partial charge in [0.15, 0.2) is 0 Å². The predicted molar refractivity (Wildman–Crippen MR) is 75.2 cm³/mol. The van der Waals surface area contributed by atoms with Crippen LogP contribution in [-0.2, 0) is 10.0 Å². The molecule has 0 atom stereocenters. The van der Waals surface area contributed by atoms with Crippen LogP contribution in [-0.4, -0.2) is 21.5 Å². The van der Waals surface area contributed by atoms with Gasteiger partial charge in [0.25, 0.3) is 0 Å². The molecule has 0 bridgehead atoms. The third-order valence-electron chi connectivity index (χ3n) is 2.38. The van der Waals surface area contributed by atoms with Crippen LogP contribution in [0, 0.1) is 0 Å². The fourth-order valence-corrected chi connectivity index (χ4v) is 2.52. The van der Waals surface area contributed by atoms with Gasteiger partial charge in [0.2, 0.25) is 10.0 Å². The first-order valence-corrected chi connectivity index (χ1v) is 7.53. The van der Waals surface area contributed by atoms with Gasteiger partial charge in [-0.3, -0.25) is 0 Å². The molecule has 0 aliphatic carbocycles. The van der Waals surface area contributed by atoms with Crippen molar-refractivity contribution in [3.05, 3.63) is 36.9 Å². The molecule has 5 heteroatoms. The molecule has 0 unspecified atom stereocenters. The zero-order valence-electron chi connectivity index (χ0n) is 10.6. The maximum Gasteiger partial charge on any atom is 0.240 e. The largest absolute Gasteiger partial charge is 0.385 e. The van der Waals surface area contributed by atoms with Crippen LogP contribution in [0.4, 0.5) is 5.69 Å². The molecule has 0 aliphatic rings. The van der Waals surface area contributed by atoms with Crippen molar-refractivity contribution in [2.75, 3.05) is 18.4 Å². The lowest BCUT2D eigenvalue weighted by Crippen LogP contribution is -2.24. The highest BCUT2D eigenvalue weighted by Crippen LogP contribution is 2.13. The molecular weight excluding hydrogens is 248 g/mol. The summed E-state index contributed by atoms with van der Waals surface area (Å²) < 4.78 is 26.2. The van der Waals surface area contributed by atoms with Gasteiger partial charge in [0.05, 0.1) is 4.90 Å². The quantitative estimate of drug-likeness (QED) is 0.562. The lowest BCUT2D eigenvalue weighted by molar-refractivity contribution is 0.581. The van der Waals surface area contributed by atoms with Gasteiger partial charge >= 0.3 is 0 Å². The molecule has 0 saturated heterocycles. The third-order valence-corrected chi connectivity index (χ3v) is 3.86. The highest BCUT2D eigenvalue weighted by Gasteiger charge is 2.12. The fourth-order valence-electron chi connectivity index (χ4n) is 1.39. The Balaban J connectivity index is 2.67. The van der Waals surface area contributed by atoms with E-state index in [2.05, 4.69) is 16.6 Å². The predicted octanol–water partition coefficient (Wildman–Crippen LogP) is 2.36. The van der Waals surface area contributed by atoms with Crippen LogP contribution >= 0.6 is 0 Å². The second kappa shape index (κ2) is 7.18. The topological polar surface area (TPSA) is 58.2 Å². The Bertz CT molecular complexity index is 466. The van der Waals surface area contributed by atoms with Crippen molar-refractivity contribution < 1.29 is 8.42 Å². The van der Waals surface area contributed by atoms with Gasteiger partial charge in [-0.05, 0) is 37.1 Å². The van der Waals surface area contributed by atoms with Crippen molar-refractivity contribution in [3.8, 4) is 0 Å². The Morgan fingerprint density at radius 3 is 2.44 bits per heavy atom. The second-order valence-corrected chi connectivity index (χ2v) is 5.69. The van der Waals surface area contributed by atoms with Crippen LogP contribution in [0.1, 0.15) is 19.8 Å². The Labute approximate surface area is 109 Å². The van der Waals surface area contributed by atoms with Gasteiger partial charge < -0.3 is 5.32 Å². The summed E-state index contributed by atoms with van der Waals surface area (Å²) in [6, 6.07) is 6.75. The molecule has 100 valence electrons. The summed E-state index contributed by atoms with van der Waals surface area (Å²) in [6.07, 6.45) is 3.49. The van der Waals surface area contributed by atoms with E-state index in [1.807, 2.05) is 13.0 Å². The third kappa shape index (κ3) is 4.50. The molecule has 18 heavy (non-hydrogen) atoms. The van der Waals surface area contributed by atoms with Crippen LogP contribution in [0.2, 0.25) is 0 Å². The molecule has 0 heterocycles. The van der Waals surface area contributed by atoms with E-state index in [9.17, 15) is 8.42 Å². The smallest absolute Gasteiger partial charge is 0.240 e. The molecule has 0 aliphatic heterocycles. The Morgan fingerprint density at radius 2 is 1.89 bits per heavy atom. The van der Waals surface area contributed by atoms with E-state index in [-0.39, 0.29) is 0 Å². The maximum atomic E-state index is 11.8. The highest BCUT2D eigenvalue weighted by molar-refractivity contribution is 7.89. The van der Waals surface area contributed by atoms with E-state index in [0.717, 1.165) is 25.1 Å². The highest BCUT2D eigenvalue weighted by atomic mass is 32.2. The first-order valence-electron chi connectivity index (χ1n) is 6.04. The lowest BCUT2D eigenvalue weighted by Gasteiger charge is -2.08. The molecule has 0 saturated carbocycles. The summed E-state index contributed by atoms with van der Waals surface area (Å²) in [5.74, 6) is 0. The normalized spacial score (nSPS) is 11.2. The summed E-state index contributed by atoms with van der Waals surface area (Å²) in [7, 11) is -3.36. The van der Waals surface area contributed by atoms with Gasteiger partial charge in [-0.25, -0.2) is 13.1 Å². The minimum atomic E-state index is -3.36. The van der Waals surface area contributed by atoms with Gasteiger partial charge in [-0.2, -0.15) is 0 Å². The first kappa shape index (κ1) is 14.7. The summed E-state index contributed by atoms with van der Waals surface area (Å²) >= 11 is 0. The molecule has 4 nitrogen and oxygen atoms in total. The summed E-state index contributed by atoms with van der Waals surface area (Å²) in [4.78, 5) is 0.297. The molecular formula is C13H20N2O2S. The molecule has 1 aromatic carbocycles. The number of hydrogen-bond donors (Lipinski definition) is 2. The average Bonchev–Trinajstić information content (AvgIpc) is 2.37. The minimum absolute atomic E-state index is 0.297. The van der Waals surface area contributed by atoms with E-state index < -0.39 is 10.0 Å². The summed E-state index contributed by atoms with van der Waals surface area (Å²) in [5, 5.41) is 3.18.